The molecule has 1 atom stereocenters. The summed E-state index contributed by atoms with van der Waals surface area (Å²) in [7, 11) is -4.45. The summed E-state index contributed by atoms with van der Waals surface area (Å²) < 4.78 is 20.2. The van der Waals surface area contributed by atoms with E-state index >= 15 is 0 Å². The molecule has 0 saturated heterocycles. The van der Waals surface area contributed by atoms with Crippen LogP contribution in [-0.4, -0.2) is 32.2 Å². The van der Waals surface area contributed by atoms with Crippen LogP contribution in [0, 0.1) is 0 Å². The van der Waals surface area contributed by atoms with Gasteiger partial charge in [-0.05, 0) is 18.1 Å². The van der Waals surface area contributed by atoms with Gasteiger partial charge in [-0.25, -0.2) is 0 Å². The van der Waals surface area contributed by atoms with Gasteiger partial charge >= 0.3 is 8.25 Å². The summed E-state index contributed by atoms with van der Waals surface area (Å²) >= 11 is 0. The SMILES string of the molecule is CC[Si](CC)(CC)OCC(=O)CO[P+](=O)O. The number of Topliss-reactive ketones (excluding diaryl/α,β-unsaturated/α-hetero) is 1. The van der Waals surface area contributed by atoms with Crippen molar-refractivity contribution in [2.24, 2.45) is 0 Å². The van der Waals surface area contributed by atoms with Gasteiger partial charge in [0.2, 0.25) is 0 Å². The lowest BCUT2D eigenvalue weighted by atomic mass is 10.5. The maximum absolute atomic E-state index is 11.3. The maximum Gasteiger partial charge on any atom is 0.695 e. The third-order valence-corrected chi connectivity index (χ3v) is 7.78. The molecule has 5 nitrogen and oxygen atoms in total. The number of carbonyl (C=O) groups is 1. The van der Waals surface area contributed by atoms with Crippen molar-refractivity contribution in [2.45, 2.75) is 38.9 Å². The van der Waals surface area contributed by atoms with Crippen LogP contribution in [0.1, 0.15) is 20.8 Å². The molecule has 0 spiro atoms. The number of rotatable bonds is 9. The van der Waals surface area contributed by atoms with E-state index in [0.717, 1.165) is 18.1 Å². The van der Waals surface area contributed by atoms with Crippen LogP contribution in [0.15, 0.2) is 0 Å². The Labute approximate surface area is 98.2 Å². The summed E-state index contributed by atoms with van der Waals surface area (Å²) in [5.41, 5.74) is 0. The summed E-state index contributed by atoms with van der Waals surface area (Å²) in [4.78, 5) is 19.6. The highest BCUT2D eigenvalue weighted by molar-refractivity contribution is 7.32. The van der Waals surface area contributed by atoms with Gasteiger partial charge in [0, 0.05) is 4.57 Å². The summed E-state index contributed by atoms with van der Waals surface area (Å²) in [5.74, 6) is -0.287. The molecule has 16 heavy (non-hydrogen) atoms. The van der Waals surface area contributed by atoms with E-state index in [4.69, 9.17) is 9.32 Å². The highest BCUT2D eigenvalue weighted by Crippen LogP contribution is 2.21. The van der Waals surface area contributed by atoms with E-state index < -0.39 is 16.6 Å². The van der Waals surface area contributed by atoms with Crippen molar-refractivity contribution in [3.8, 4) is 0 Å². The van der Waals surface area contributed by atoms with Gasteiger partial charge in [-0.1, -0.05) is 20.8 Å². The van der Waals surface area contributed by atoms with E-state index in [1.165, 1.54) is 0 Å². The molecule has 0 saturated carbocycles. The predicted molar refractivity (Wildman–Crippen MR) is 63.9 cm³/mol. The van der Waals surface area contributed by atoms with Gasteiger partial charge in [-0.15, -0.1) is 9.42 Å². The molecule has 0 aromatic rings. The smallest absolute Gasteiger partial charge is 0.409 e. The molecule has 0 bridgehead atoms. The van der Waals surface area contributed by atoms with Crippen molar-refractivity contribution in [3.63, 3.8) is 0 Å². The maximum atomic E-state index is 11.3. The monoisotopic (exact) mass is 267 g/mol. The lowest BCUT2D eigenvalue weighted by molar-refractivity contribution is -0.123. The molecule has 7 heteroatoms. The number of hydrogen-bond donors (Lipinski definition) is 1. The van der Waals surface area contributed by atoms with Gasteiger partial charge in [-0.3, -0.25) is 4.79 Å². The van der Waals surface area contributed by atoms with Crippen molar-refractivity contribution < 1.29 is 23.2 Å². The summed E-state index contributed by atoms with van der Waals surface area (Å²) in [6.45, 7) is 5.86. The van der Waals surface area contributed by atoms with Gasteiger partial charge in [0.05, 0.1) is 6.61 Å². The van der Waals surface area contributed by atoms with Crippen molar-refractivity contribution in [2.75, 3.05) is 13.2 Å². The Bertz CT molecular complexity index is 234. The molecule has 0 aromatic heterocycles. The molecule has 0 aromatic carbocycles. The minimum absolute atomic E-state index is 0.00901. The Morgan fingerprint density at radius 1 is 1.19 bits per heavy atom. The van der Waals surface area contributed by atoms with Gasteiger partial charge in [-0.2, -0.15) is 0 Å². The Balaban J connectivity index is 4.01. The fraction of sp³-hybridized carbons (Fsp3) is 0.889. The second kappa shape index (κ2) is 8.03. The van der Waals surface area contributed by atoms with Gasteiger partial charge in [0.1, 0.15) is 0 Å². The first-order chi connectivity index (χ1) is 7.49. The molecular weight excluding hydrogens is 247 g/mol. The predicted octanol–water partition coefficient (Wildman–Crippen LogP) is 2.24. The van der Waals surface area contributed by atoms with Crippen LogP contribution < -0.4 is 0 Å². The Morgan fingerprint density at radius 2 is 1.69 bits per heavy atom. The minimum Gasteiger partial charge on any atom is -0.409 e. The Morgan fingerprint density at radius 3 is 2.06 bits per heavy atom. The Kier molecular flexibility index (Phi) is 7.96. The van der Waals surface area contributed by atoms with Crippen LogP contribution in [0.5, 0.6) is 0 Å². The summed E-state index contributed by atoms with van der Waals surface area (Å²) in [6.07, 6.45) is 0. The lowest BCUT2D eigenvalue weighted by Crippen LogP contribution is -2.38. The molecule has 0 amide bonds. The summed E-state index contributed by atoms with van der Waals surface area (Å²) in [6, 6.07) is 2.92. The standard InChI is InChI=1S/C9H19O5PSi/c1-4-16(5-2,6-3)14-8-9(10)7-13-15(11)12/h4-8H2,1-3H3/p+1. The van der Waals surface area contributed by atoms with E-state index in [1.54, 1.807) is 0 Å². The van der Waals surface area contributed by atoms with Crippen molar-refractivity contribution in [3.05, 3.63) is 0 Å². The normalized spacial score (nSPS) is 12.6. The molecule has 0 rings (SSSR count). The van der Waals surface area contributed by atoms with Gasteiger partial charge < -0.3 is 4.43 Å². The molecule has 1 N–H and O–H groups in total. The van der Waals surface area contributed by atoms with Crippen molar-refractivity contribution in [1.29, 1.82) is 0 Å². The van der Waals surface area contributed by atoms with E-state index in [2.05, 4.69) is 25.3 Å². The topological polar surface area (TPSA) is 72.8 Å². The molecule has 0 aliphatic carbocycles. The van der Waals surface area contributed by atoms with E-state index in [9.17, 15) is 9.36 Å². The van der Waals surface area contributed by atoms with Crippen LogP contribution in [0.3, 0.4) is 0 Å². The second-order valence-corrected chi connectivity index (χ2v) is 9.09. The molecule has 0 radical (unpaired) electrons. The van der Waals surface area contributed by atoms with Crippen LogP contribution >= 0.6 is 8.25 Å². The van der Waals surface area contributed by atoms with Crippen LogP contribution in [0.2, 0.25) is 18.1 Å². The van der Waals surface area contributed by atoms with Crippen molar-refractivity contribution in [1.82, 2.24) is 0 Å². The highest BCUT2D eigenvalue weighted by Gasteiger charge is 2.29. The first-order valence-electron chi connectivity index (χ1n) is 5.44. The number of carbonyl (C=O) groups excluding carboxylic acids is 1. The first-order valence-corrected chi connectivity index (χ1v) is 9.10. The van der Waals surface area contributed by atoms with Crippen molar-refractivity contribution >= 4 is 22.4 Å². The van der Waals surface area contributed by atoms with Crippen LogP contribution in [-0.2, 0) is 18.3 Å². The second-order valence-electron chi connectivity index (χ2n) is 3.58. The third kappa shape index (κ3) is 5.82. The molecule has 0 fully saturated rings. The van der Waals surface area contributed by atoms with E-state index in [1.807, 2.05) is 0 Å². The molecule has 0 heterocycles. The Hall–Kier alpha value is -0.133. The number of hydrogen-bond acceptors (Lipinski definition) is 4. The third-order valence-electron chi connectivity index (χ3n) is 2.81. The zero-order valence-corrected chi connectivity index (χ0v) is 12.0. The molecular formula is C9H20O5PSi+. The minimum atomic E-state index is -2.70. The highest BCUT2D eigenvalue weighted by atomic mass is 31.1. The zero-order chi connectivity index (χ0) is 12.6. The zero-order valence-electron chi connectivity index (χ0n) is 10.1. The first kappa shape index (κ1) is 15.9. The number of ketones is 1. The van der Waals surface area contributed by atoms with Gasteiger partial charge in [0.25, 0.3) is 0 Å². The molecule has 0 aliphatic heterocycles. The molecule has 0 aliphatic rings. The molecule has 1 unspecified atom stereocenters. The average molecular weight is 267 g/mol. The fourth-order valence-electron chi connectivity index (χ4n) is 1.46. The van der Waals surface area contributed by atoms with Crippen LogP contribution in [0.4, 0.5) is 0 Å². The quantitative estimate of drug-likeness (QED) is 0.512. The summed E-state index contributed by atoms with van der Waals surface area (Å²) in [5, 5.41) is 0. The van der Waals surface area contributed by atoms with E-state index in [0.29, 0.717) is 0 Å². The molecule has 94 valence electrons. The van der Waals surface area contributed by atoms with Crippen LogP contribution in [0.25, 0.3) is 0 Å². The largest absolute Gasteiger partial charge is 0.695 e. The average Bonchev–Trinajstić information content (AvgIpc) is 2.29. The van der Waals surface area contributed by atoms with Gasteiger partial charge in [0.15, 0.2) is 20.7 Å². The lowest BCUT2D eigenvalue weighted by Gasteiger charge is -2.27. The fourth-order valence-corrected chi connectivity index (χ4v) is 4.29. The van der Waals surface area contributed by atoms with E-state index in [-0.39, 0.29) is 19.0 Å².